The number of piperidine rings is 1. The number of para-hydroxylation sites is 1. The average Bonchev–Trinajstić information content (AvgIpc) is 2.72. The Bertz CT molecular complexity index is 893. The summed E-state index contributed by atoms with van der Waals surface area (Å²) in [6, 6.07) is 12.4. The summed E-state index contributed by atoms with van der Waals surface area (Å²) in [4.78, 5) is 28.6. The van der Waals surface area contributed by atoms with Gasteiger partial charge in [-0.3, -0.25) is 9.59 Å². The Morgan fingerprint density at radius 1 is 1.10 bits per heavy atom. The van der Waals surface area contributed by atoms with Crippen molar-refractivity contribution in [3.63, 3.8) is 0 Å². The van der Waals surface area contributed by atoms with Gasteiger partial charge in [-0.1, -0.05) is 41.4 Å². The fourth-order valence-electron chi connectivity index (χ4n) is 3.43. The summed E-state index contributed by atoms with van der Waals surface area (Å²) in [6.45, 7) is 1.35. The second kappa shape index (κ2) is 9.51. The molecule has 7 heteroatoms. The van der Waals surface area contributed by atoms with E-state index >= 15 is 0 Å². The van der Waals surface area contributed by atoms with Crippen LogP contribution in [0.15, 0.2) is 42.5 Å². The van der Waals surface area contributed by atoms with Gasteiger partial charge in [0, 0.05) is 48.7 Å². The molecule has 154 valence electrons. The second-order valence-corrected chi connectivity index (χ2v) is 8.16. The van der Waals surface area contributed by atoms with Crippen molar-refractivity contribution in [1.29, 1.82) is 0 Å². The molecule has 1 fully saturated rings. The third kappa shape index (κ3) is 5.22. The van der Waals surface area contributed by atoms with Gasteiger partial charge in [0.1, 0.15) is 12.4 Å². The summed E-state index contributed by atoms with van der Waals surface area (Å²) in [5.41, 5.74) is 1.30. The van der Waals surface area contributed by atoms with Gasteiger partial charge < -0.3 is 14.5 Å². The molecular weight excluding hydrogens is 411 g/mol. The van der Waals surface area contributed by atoms with E-state index in [1.807, 2.05) is 18.2 Å². The molecule has 0 radical (unpaired) electrons. The molecule has 5 nitrogen and oxygen atoms in total. The van der Waals surface area contributed by atoms with Crippen LogP contribution in [0.2, 0.25) is 10.0 Å². The number of carbonyl (C=O) groups excluding carboxylic acids is 2. The zero-order valence-electron chi connectivity index (χ0n) is 16.5. The highest BCUT2D eigenvalue weighted by molar-refractivity contribution is 6.35. The van der Waals surface area contributed by atoms with Gasteiger partial charge in [0.2, 0.25) is 5.91 Å². The van der Waals surface area contributed by atoms with E-state index in [9.17, 15) is 9.59 Å². The lowest BCUT2D eigenvalue weighted by molar-refractivity contribution is -0.134. The third-order valence-corrected chi connectivity index (χ3v) is 5.67. The Kier molecular flexibility index (Phi) is 7.04. The minimum atomic E-state index is -0.0847. The molecule has 1 saturated heterocycles. The lowest BCUT2D eigenvalue weighted by Gasteiger charge is -2.32. The maximum Gasteiger partial charge on any atom is 0.257 e. The molecule has 0 spiro atoms. The molecule has 0 atom stereocenters. The smallest absolute Gasteiger partial charge is 0.257 e. The number of amides is 2. The predicted octanol–water partition coefficient (Wildman–Crippen LogP) is 4.51. The van der Waals surface area contributed by atoms with E-state index in [-0.39, 0.29) is 24.3 Å². The van der Waals surface area contributed by atoms with E-state index in [4.69, 9.17) is 27.9 Å². The normalized spacial score (nSPS) is 14.6. The molecule has 2 aromatic rings. The van der Waals surface area contributed by atoms with Crippen molar-refractivity contribution in [3.8, 4) is 5.75 Å². The molecule has 0 aliphatic carbocycles. The molecule has 0 unspecified atom stereocenters. The first-order valence-electron chi connectivity index (χ1n) is 9.53. The molecular formula is C22H24Cl2N2O3. The van der Waals surface area contributed by atoms with Crippen LogP contribution < -0.4 is 4.74 Å². The average molecular weight is 435 g/mol. The number of carbonyl (C=O) groups is 2. The summed E-state index contributed by atoms with van der Waals surface area (Å²) < 4.78 is 5.91. The van der Waals surface area contributed by atoms with Crippen LogP contribution in [0.4, 0.5) is 0 Å². The van der Waals surface area contributed by atoms with Gasteiger partial charge in [-0.05, 0) is 37.1 Å². The van der Waals surface area contributed by atoms with Crippen LogP contribution in [0.25, 0.3) is 0 Å². The number of benzene rings is 2. The first-order chi connectivity index (χ1) is 13.9. The molecule has 3 rings (SSSR count). The molecule has 1 aliphatic heterocycles. The Hall–Kier alpha value is -2.24. The highest BCUT2D eigenvalue weighted by atomic mass is 35.5. The van der Waals surface area contributed by atoms with E-state index in [0.717, 1.165) is 5.56 Å². The SMILES string of the molecule is CN(C)C(=O)C1CCN(C(=O)c2ccccc2OCc2ccc(Cl)cc2Cl)CC1. The van der Waals surface area contributed by atoms with Crippen molar-refractivity contribution < 1.29 is 14.3 Å². The zero-order chi connectivity index (χ0) is 21.0. The Balaban J connectivity index is 1.67. The number of halogens is 2. The minimum Gasteiger partial charge on any atom is -0.488 e. The number of hydrogen-bond donors (Lipinski definition) is 0. The van der Waals surface area contributed by atoms with Crippen molar-refractivity contribution in [2.75, 3.05) is 27.2 Å². The molecule has 0 saturated carbocycles. The molecule has 0 aromatic heterocycles. The molecule has 2 amide bonds. The maximum atomic E-state index is 13.1. The molecule has 29 heavy (non-hydrogen) atoms. The minimum absolute atomic E-state index is 0.0207. The van der Waals surface area contributed by atoms with Crippen LogP contribution in [0, 0.1) is 5.92 Å². The number of rotatable bonds is 5. The summed E-state index contributed by atoms with van der Waals surface area (Å²) in [7, 11) is 3.53. The summed E-state index contributed by atoms with van der Waals surface area (Å²) in [5.74, 6) is 0.529. The van der Waals surface area contributed by atoms with Crippen molar-refractivity contribution >= 4 is 35.0 Å². The van der Waals surface area contributed by atoms with Gasteiger partial charge in [0.05, 0.1) is 5.56 Å². The summed E-state index contributed by atoms with van der Waals surface area (Å²) in [6.07, 6.45) is 1.35. The predicted molar refractivity (Wildman–Crippen MR) is 115 cm³/mol. The highest BCUT2D eigenvalue weighted by Crippen LogP contribution is 2.27. The van der Waals surface area contributed by atoms with E-state index in [0.29, 0.717) is 47.3 Å². The fraction of sp³-hybridized carbons (Fsp3) is 0.364. The van der Waals surface area contributed by atoms with Gasteiger partial charge in [0.25, 0.3) is 5.91 Å². The molecule has 2 aromatic carbocycles. The van der Waals surface area contributed by atoms with Crippen LogP contribution in [-0.4, -0.2) is 48.8 Å². The quantitative estimate of drug-likeness (QED) is 0.695. The van der Waals surface area contributed by atoms with Gasteiger partial charge in [0.15, 0.2) is 0 Å². The van der Waals surface area contributed by atoms with Crippen LogP contribution >= 0.6 is 23.2 Å². The Morgan fingerprint density at radius 3 is 2.45 bits per heavy atom. The van der Waals surface area contributed by atoms with Gasteiger partial charge in [-0.2, -0.15) is 0 Å². The highest BCUT2D eigenvalue weighted by Gasteiger charge is 2.29. The first kappa shape index (κ1) is 21.5. The van der Waals surface area contributed by atoms with Gasteiger partial charge in [-0.25, -0.2) is 0 Å². The maximum absolute atomic E-state index is 13.1. The molecule has 1 aliphatic rings. The van der Waals surface area contributed by atoms with Crippen LogP contribution in [0.1, 0.15) is 28.8 Å². The van der Waals surface area contributed by atoms with E-state index in [1.165, 1.54) is 0 Å². The Labute approximate surface area is 181 Å². The van der Waals surface area contributed by atoms with Gasteiger partial charge in [-0.15, -0.1) is 0 Å². The largest absolute Gasteiger partial charge is 0.488 e. The standard InChI is InChI=1S/C22H24Cl2N2O3/c1-25(2)21(27)15-9-11-26(12-10-15)22(28)18-5-3-4-6-20(18)29-14-16-7-8-17(23)13-19(16)24/h3-8,13,15H,9-12,14H2,1-2H3. The van der Waals surface area contributed by atoms with E-state index < -0.39 is 0 Å². The first-order valence-corrected chi connectivity index (χ1v) is 10.3. The van der Waals surface area contributed by atoms with Crippen LogP contribution in [-0.2, 0) is 11.4 Å². The topological polar surface area (TPSA) is 49.9 Å². The number of hydrogen-bond acceptors (Lipinski definition) is 3. The molecule has 0 N–H and O–H groups in total. The monoisotopic (exact) mass is 434 g/mol. The van der Waals surface area contributed by atoms with Crippen molar-refractivity contribution in [3.05, 3.63) is 63.6 Å². The lowest BCUT2D eigenvalue weighted by atomic mass is 9.95. The van der Waals surface area contributed by atoms with E-state index in [1.54, 1.807) is 48.2 Å². The summed E-state index contributed by atoms with van der Waals surface area (Å²) >= 11 is 12.1. The van der Waals surface area contributed by atoms with Crippen LogP contribution in [0.3, 0.4) is 0 Å². The number of nitrogens with zero attached hydrogens (tertiary/aromatic N) is 2. The van der Waals surface area contributed by atoms with E-state index in [2.05, 4.69) is 0 Å². The zero-order valence-corrected chi connectivity index (χ0v) is 18.0. The third-order valence-electron chi connectivity index (χ3n) is 5.09. The van der Waals surface area contributed by atoms with Crippen molar-refractivity contribution in [2.45, 2.75) is 19.4 Å². The van der Waals surface area contributed by atoms with Gasteiger partial charge >= 0.3 is 0 Å². The van der Waals surface area contributed by atoms with Crippen molar-refractivity contribution in [1.82, 2.24) is 9.80 Å². The second-order valence-electron chi connectivity index (χ2n) is 7.32. The Morgan fingerprint density at radius 2 is 1.79 bits per heavy atom. The fourth-order valence-corrected chi connectivity index (χ4v) is 3.89. The molecule has 0 bridgehead atoms. The summed E-state index contributed by atoms with van der Waals surface area (Å²) in [5, 5.41) is 1.08. The lowest BCUT2D eigenvalue weighted by Crippen LogP contribution is -2.42. The number of likely N-dealkylation sites (tertiary alicyclic amines) is 1. The van der Waals surface area contributed by atoms with Crippen LogP contribution in [0.5, 0.6) is 5.75 Å². The number of ether oxygens (including phenoxy) is 1. The van der Waals surface area contributed by atoms with Crippen molar-refractivity contribution in [2.24, 2.45) is 5.92 Å². The molecule has 1 heterocycles.